The predicted molar refractivity (Wildman–Crippen MR) is 75.7 cm³/mol. The molecule has 2 aromatic heterocycles. The molecular formula is C13H13NO5S2. The fraction of sp³-hybridized carbons (Fsp3) is 0.308. The first kappa shape index (κ1) is 14.3. The zero-order valence-electron chi connectivity index (χ0n) is 10.9. The van der Waals surface area contributed by atoms with Gasteiger partial charge in [0, 0.05) is 6.04 Å². The van der Waals surface area contributed by atoms with Gasteiger partial charge in [0.15, 0.2) is 0 Å². The molecule has 0 aromatic carbocycles. The van der Waals surface area contributed by atoms with Crippen LogP contribution in [0.4, 0.5) is 0 Å². The number of nitrogens with zero attached hydrogens (tertiary/aromatic N) is 1. The van der Waals surface area contributed by atoms with Crippen LogP contribution in [-0.2, 0) is 16.6 Å². The van der Waals surface area contributed by atoms with Gasteiger partial charge >= 0.3 is 5.97 Å². The third-order valence-corrected chi connectivity index (χ3v) is 6.64. The predicted octanol–water partition coefficient (Wildman–Crippen LogP) is 2.39. The van der Waals surface area contributed by atoms with E-state index in [4.69, 9.17) is 9.52 Å². The summed E-state index contributed by atoms with van der Waals surface area (Å²) < 4.78 is 32.0. The SMILES string of the molecule is O=C(O)c1ccc(S(=O)(=O)N(Cc2ccco2)C2CC2)s1. The van der Waals surface area contributed by atoms with Crippen LogP contribution in [-0.4, -0.2) is 29.8 Å². The van der Waals surface area contributed by atoms with Crippen molar-refractivity contribution in [2.24, 2.45) is 0 Å². The van der Waals surface area contributed by atoms with Crippen molar-refractivity contribution < 1.29 is 22.7 Å². The lowest BCUT2D eigenvalue weighted by Crippen LogP contribution is -2.32. The fourth-order valence-electron chi connectivity index (χ4n) is 2.02. The quantitative estimate of drug-likeness (QED) is 0.880. The highest BCUT2D eigenvalue weighted by atomic mass is 32.2. The van der Waals surface area contributed by atoms with Crippen LogP contribution in [0.25, 0.3) is 0 Å². The molecular weight excluding hydrogens is 314 g/mol. The summed E-state index contributed by atoms with van der Waals surface area (Å²) in [5.74, 6) is -0.550. The van der Waals surface area contributed by atoms with Crippen molar-refractivity contribution in [3.05, 3.63) is 41.2 Å². The third kappa shape index (κ3) is 2.87. The number of carboxylic acids is 1. The number of aromatic carboxylic acids is 1. The molecule has 1 fully saturated rings. The zero-order chi connectivity index (χ0) is 15.0. The van der Waals surface area contributed by atoms with Gasteiger partial charge in [-0.1, -0.05) is 0 Å². The monoisotopic (exact) mass is 327 g/mol. The Morgan fingerprint density at radius 3 is 2.67 bits per heavy atom. The number of sulfonamides is 1. The van der Waals surface area contributed by atoms with Gasteiger partial charge in [0.25, 0.3) is 10.0 Å². The Labute approximate surface area is 125 Å². The molecule has 8 heteroatoms. The second-order valence-corrected chi connectivity index (χ2v) is 7.99. The van der Waals surface area contributed by atoms with Crippen LogP contribution in [0.1, 0.15) is 28.3 Å². The van der Waals surface area contributed by atoms with E-state index >= 15 is 0 Å². The number of carboxylic acid groups (broad SMARTS) is 1. The Balaban J connectivity index is 1.91. The second kappa shape index (κ2) is 5.28. The smallest absolute Gasteiger partial charge is 0.345 e. The van der Waals surface area contributed by atoms with Crippen molar-refractivity contribution >= 4 is 27.3 Å². The molecule has 21 heavy (non-hydrogen) atoms. The number of rotatable bonds is 6. The highest BCUT2D eigenvalue weighted by Crippen LogP contribution is 2.35. The van der Waals surface area contributed by atoms with Crippen LogP contribution in [0.15, 0.2) is 39.2 Å². The first-order valence-electron chi connectivity index (χ1n) is 6.36. The molecule has 1 aliphatic rings. The molecule has 0 spiro atoms. The molecule has 0 aliphatic heterocycles. The van der Waals surface area contributed by atoms with Crippen LogP contribution >= 0.6 is 11.3 Å². The average molecular weight is 327 g/mol. The van der Waals surface area contributed by atoms with Crippen molar-refractivity contribution in [1.29, 1.82) is 0 Å². The standard InChI is InChI=1S/C13H13NO5S2/c15-13(16)11-5-6-12(20-11)21(17,18)14(9-3-4-9)8-10-2-1-7-19-10/h1-2,5-7,9H,3-4,8H2,(H,15,16). The van der Waals surface area contributed by atoms with Gasteiger partial charge < -0.3 is 9.52 Å². The Kier molecular flexibility index (Phi) is 3.60. The van der Waals surface area contributed by atoms with Gasteiger partial charge in [-0.05, 0) is 37.1 Å². The Morgan fingerprint density at radius 1 is 1.38 bits per heavy atom. The maximum absolute atomic E-state index is 12.7. The van der Waals surface area contributed by atoms with E-state index in [1.165, 1.54) is 22.7 Å². The van der Waals surface area contributed by atoms with Gasteiger partial charge in [-0.25, -0.2) is 13.2 Å². The molecule has 6 nitrogen and oxygen atoms in total. The Hall–Kier alpha value is -1.64. The maximum atomic E-state index is 12.7. The van der Waals surface area contributed by atoms with Crippen molar-refractivity contribution in [1.82, 2.24) is 4.31 Å². The highest BCUT2D eigenvalue weighted by Gasteiger charge is 2.39. The van der Waals surface area contributed by atoms with E-state index in [0.29, 0.717) is 5.76 Å². The zero-order valence-corrected chi connectivity index (χ0v) is 12.6. The summed E-state index contributed by atoms with van der Waals surface area (Å²) in [5, 5.41) is 8.92. The van der Waals surface area contributed by atoms with Crippen LogP contribution in [0.3, 0.4) is 0 Å². The van der Waals surface area contributed by atoms with Crippen LogP contribution in [0.5, 0.6) is 0 Å². The van der Waals surface area contributed by atoms with Gasteiger partial charge in [0.2, 0.25) is 0 Å². The molecule has 0 amide bonds. The van der Waals surface area contributed by atoms with E-state index in [0.717, 1.165) is 24.2 Å². The summed E-state index contributed by atoms with van der Waals surface area (Å²) >= 11 is 0.774. The van der Waals surface area contributed by atoms with Crippen molar-refractivity contribution in [3.63, 3.8) is 0 Å². The highest BCUT2D eigenvalue weighted by molar-refractivity contribution is 7.91. The lowest BCUT2D eigenvalue weighted by molar-refractivity contribution is 0.0702. The lowest BCUT2D eigenvalue weighted by atomic mass is 10.4. The van der Waals surface area contributed by atoms with Crippen LogP contribution < -0.4 is 0 Å². The first-order chi connectivity index (χ1) is 9.98. The number of furan rings is 1. The summed E-state index contributed by atoms with van der Waals surface area (Å²) in [6.45, 7) is 0.167. The summed E-state index contributed by atoms with van der Waals surface area (Å²) in [5.41, 5.74) is 0. The van der Waals surface area contributed by atoms with E-state index in [-0.39, 0.29) is 21.7 Å². The molecule has 1 aliphatic carbocycles. The number of carbonyl (C=O) groups is 1. The summed E-state index contributed by atoms with van der Waals surface area (Å²) in [7, 11) is -3.70. The van der Waals surface area contributed by atoms with E-state index < -0.39 is 16.0 Å². The number of hydrogen-bond acceptors (Lipinski definition) is 5. The van der Waals surface area contributed by atoms with Crippen LogP contribution in [0, 0.1) is 0 Å². The maximum Gasteiger partial charge on any atom is 0.345 e. The van der Waals surface area contributed by atoms with E-state index in [9.17, 15) is 13.2 Å². The third-order valence-electron chi connectivity index (χ3n) is 3.20. The fourth-order valence-corrected chi connectivity index (χ4v) is 4.94. The molecule has 112 valence electrons. The van der Waals surface area contributed by atoms with Crippen molar-refractivity contribution in [2.75, 3.05) is 0 Å². The van der Waals surface area contributed by atoms with Gasteiger partial charge in [-0.3, -0.25) is 0 Å². The minimum Gasteiger partial charge on any atom is -0.477 e. The molecule has 2 heterocycles. The minimum atomic E-state index is -3.70. The number of hydrogen-bond donors (Lipinski definition) is 1. The molecule has 1 N–H and O–H groups in total. The Morgan fingerprint density at radius 2 is 2.14 bits per heavy atom. The summed E-state index contributed by atoms with van der Waals surface area (Å²) in [4.78, 5) is 10.9. The molecule has 0 saturated heterocycles. The molecule has 0 atom stereocenters. The van der Waals surface area contributed by atoms with Gasteiger partial charge in [0.1, 0.15) is 14.8 Å². The lowest BCUT2D eigenvalue weighted by Gasteiger charge is -2.19. The summed E-state index contributed by atoms with van der Waals surface area (Å²) in [6.07, 6.45) is 3.13. The van der Waals surface area contributed by atoms with Crippen molar-refractivity contribution in [3.8, 4) is 0 Å². The molecule has 3 rings (SSSR count). The second-order valence-electron chi connectivity index (χ2n) is 4.78. The van der Waals surface area contributed by atoms with Gasteiger partial charge in [-0.15, -0.1) is 11.3 Å². The van der Waals surface area contributed by atoms with E-state index in [1.807, 2.05) is 0 Å². The van der Waals surface area contributed by atoms with Gasteiger partial charge in [-0.2, -0.15) is 4.31 Å². The molecule has 2 aromatic rings. The van der Waals surface area contributed by atoms with Crippen molar-refractivity contribution in [2.45, 2.75) is 29.6 Å². The van der Waals surface area contributed by atoms with Crippen LogP contribution in [0.2, 0.25) is 0 Å². The molecule has 0 radical (unpaired) electrons. The molecule has 1 saturated carbocycles. The first-order valence-corrected chi connectivity index (χ1v) is 8.61. The normalized spacial score (nSPS) is 15.5. The van der Waals surface area contributed by atoms with E-state index in [1.54, 1.807) is 12.1 Å². The largest absolute Gasteiger partial charge is 0.477 e. The molecule has 0 unspecified atom stereocenters. The summed E-state index contributed by atoms with van der Waals surface area (Å²) in [6, 6.07) is 6.07. The minimum absolute atomic E-state index is 0.0160. The average Bonchev–Trinajstić information content (AvgIpc) is 2.95. The topological polar surface area (TPSA) is 87.8 Å². The number of thiophene rings is 1. The van der Waals surface area contributed by atoms with Gasteiger partial charge in [0.05, 0.1) is 12.8 Å². The van der Waals surface area contributed by atoms with E-state index in [2.05, 4.69) is 0 Å². The molecule has 0 bridgehead atoms. The Bertz CT molecular complexity index is 743.